The van der Waals surface area contributed by atoms with E-state index in [9.17, 15) is 0 Å². The maximum absolute atomic E-state index is 2.41. The standard InChI is InChI=1S/C14H18/c1-12-7-9-14(10-8-12)11-13-5-3-2-4-6-13/h2-7,14H,8-11H2,1H3. The third-order valence-corrected chi connectivity index (χ3v) is 3.11. The van der Waals surface area contributed by atoms with Crippen molar-refractivity contribution in [3.8, 4) is 0 Å². The zero-order chi connectivity index (χ0) is 9.80. The Hall–Kier alpha value is -1.04. The van der Waals surface area contributed by atoms with Crippen molar-refractivity contribution < 1.29 is 0 Å². The molecular formula is C14H18. The molecule has 1 aromatic rings. The summed E-state index contributed by atoms with van der Waals surface area (Å²) >= 11 is 0. The summed E-state index contributed by atoms with van der Waals surface area (Å²) in [6.07, 6.45) is 7.62. The molecule has 0 fully saturated rings. The van der Waals surface area contributed by atoms with Gasteiger partial charge in [-0.15, -0.1) is 0 Å². The fourth-order valence-corrected chi connectivity index (χ4v) is 2.15. The van der Waals surface area contributed by atoms with Crippen LogP contribution in [0, 0.1) is 5.92 Å². The number of hydrogen-bond acceptors (Lipinski definition) is 0. The van der Waals surface area contributed by atoms with Crippen LogP contribution in [0.25, 0.3) is 0 Å². The Balaban J connectivity index is 1.93. The Morgan fingerprint density at radius 2 is 2.00 bits per heavy atom. The van der Waals surface area contributed by atoms with E-state index in [1.165, 1.54) is 31.2 Å². The first-order valence-corrected chi connectivity index (χ1v) is 5.54. The van der Waals surface area contributed by atoms with Crippen LogP contribution >= 0.6 is 0 Å². The predicted octanol–water partition coefficient (Wildman–Crippen LogP) is 3.98. The second-order valence-electron chi connectivity index (χ2n) is 4.38. The van der Waals surface area contributed by atoms with Crippen LogP contribution < -0.4 is 0 Å². The predicted molar refractivity (Wildman–Crippen MR) is 61.2 cm³/mol. The molecule has 0 nitrogen and oxygen atoms in total. The van der Waals surface area contributed by atoms with E-state index in [2.05, 4.69) is 43.3 Å². The monoisotopic (exact) mass is 186 g/mol. The molecule has 0 radical (unpaired) electrons. The van der Waals surface area contributed by atoms with Gasteiger partial charge in [-0.2, -0.15) is 0 Å². The van der Waals surface area contributed by atoms with Crippen LogP contribution in [0.2, 0.25) is 0 Å². The third-order valence-electron chi connectivity index (χ3n) is 3.11. The van der Waals surface area contributed by atoms with Gasteiger partial charge in [-0.25, -0.2) is 0 Å². The first-order valence-electron chi connectivity index (χ1n) is 5.54. The van der Waals surface area contributed by atoms with Crippen molar-refractivity contribution >= 4 is 0 Å². The lowest BCUT2D eigenvalue weighted by Gasteiger charge is -2.20. The normalized spacial score (nSPS) is 21.8. The van der Waals surface area contributed by atoms with Gasteiger partial charge in [-0.1, -0.05) is 42.0 Å². The SMILES string of the molecule is CC1=CCC(Cc2ccccc2)CC1. The average Bonchev–Trinajstić information content (AvgIpc) is 2.23. The smallest absolute Gasteiger partial charge is 0.0247 e. The largest absolute Gasteiger partial charge is 0.0853 e. The van der Waals surface area contributed by atoms with Gasteiger partial charge in [0.15, 0.2) is 0 Å². The molecule has 0 amide bonds. The molecule has 1 aliphatic rings. The fourth-order valence-electron chi connectivity index (χ4n) is 2.15. The molecule has 1 aromatic carbocycles. The highest BCUT2D eigenvalue weighted by Crippen LogP contribution is 2.25. The molecule has 14 heavy (non-hydrogen) atoms. The van der Waals surface area contributed by atoms with Gasteiger partial charge in [0.25, 0.3) is 0 Å². The van der Waals surface area contributed by atoms with Crippen LogP contribution in [0.15, 0.2) is 42.0 Å². The summed E-state index contributed by atoms with van der Waals surface area (Å²) in [4.78, 5) is 0. The summed E-state index contributed by atoms with van der Waals surface area (Å²) in [6.45, 7) is 2.25. The number of rotatable bonds is 2. The van der Waals surface area contributed by atoms with Crippen LogP contribution in [-0.4, -0.2) is 0 Å². The molecule has 0 saturated heterocycles. The second-order valence-corrected chi connectivity index (χ2v) is 4.38. The van der Waals surface area contributed by atoms with Crippen LogP contribution in [0.3, 0.4) is 0 Å². The van der Waals surface area contributed by atoms with Crippen LogP contribution in [-0.2, 0) is 6.42 Å². The van der Waals surface area contributed by atoms with Crippen molar-refractivity contribution in [2.24, 2.45) is 5.92 Å². The van der Waals surface area contributed by atoms with E-state index in [4.69, 9.17) is 0 Å². The quantitative estimate of drug-likeness (QED) is 0.613. The lowest BCUT2D eigenvalue weighted by Crippen LogP contribution is -2.07. The van der Waals surface area contributed by atoms with Crippen molar-refractivity contribution in [2.45, 2.75) is 32.6 Å². The molecule has 0 N–H and O–H groups in total. The van der Waals surface area contributed by atoms with Crippen molar-refractivity contribution in [2.75, 3.05) is 0 Å². The molecular weight excluding hydrogens is 168 g/mol. The minimum Gasteiger partial charge on any atom is -0.0853 e. The summed E-state index contributed by atoms with van der Waals surface area (Å²) in [5, 5.41) is 0. The molecule has 0 bridgehead atoms. The minimum atomic E-state index is 0.876. The van der Waals surface area contributed by atoms with E-state index < -0.39 is 0 Å². The average molecular weight is 186 g/mol. The van der Waals surface area contributed by atoms with E-state index in [1.54, 1.807) is 5.57 Å². The lowest BCUT2D eigenvalue weighted by atomic mass is 9.86. The molecule has 0 spiro atoms. The maximum Gasteiger partial charge on any atom is -0.0247 e. The van der Waals surface area contributed by atoms with E-state index in [1.807, 2.05) is 0 Å². The van der Waals surface area contributed by atoms with Gasteiger partial charge in [-0.3, -0.25) is 0 Å². The third kappa shape index (κ3) is 2.47. The zero-order valence-corrected chi connectivity index (χ0v) is 8.87. The van der Waals surface area contributed by atoms with Crippen LogP contribution in [0.5, 0.6) is 0 Å². The highest BCUT2D eigenvalue weighted by atomic mass is 14.2. The van der Waals surface area contributed by atoms with Crippen LogP contribution in [0.1, 0.15) is 31.7 Å². The number of benzene rings is 1. The first kappa shape index (κ1) is 9.51. The summed E-state index contributed by atoms with van der Waals surface area (Å²) in [5.41, 5.74) is 3.07. The summed E-state index contributed by atoms with van der Waals surface area (Å²) in [5.74, 6) is 0.876. The van der Waals surface area contributed by atoms with Crippen molar-refractivity contribution in [1.29, 1.82) is 0 Å². The van der Waals surface area contributed by atoms with Gasteiger partial charge in [0.1, 0.15) is 0 Å². The number of allylic oxidation sites excluding steroid dienone is 2. The molecule has 0 saturated carbocycles. The number of hydrogen-bond donors (Lipinski definition) is 0. The van der Waals surface area contributed by atoms with Crippen LogP contribution in [0.4, 0.5) is 0 Å². The van der Waals surface area contributed by atoms with E-state index in [0.717, 1.165) is 5.92 Å². The highest BCUT2D eigenvalue weighted by molar-refractivity contribution is 5.16. The molecule has 0 heteroatoms. The van der Waals surface area contributed by atoms with Gasteiger partial charge in [0.05, 0.1) is 0 Å². The van der Waals surface area contributed by atoms with Crippen molar-refractivity contribution in [3.05, 3.63) is 47.5 Å². The first-order chi connectivity index (χ1) is 6.84. The fraction of sp³-hybridized carbons (Fsp3) is 0.429. The molecule has 1 unspecified atom stereocenters. The molecule has 0 aliphatic heterocycles. The molecule has 0 heterocycles. The van der Waals surface area contributed by atoms with E-state index in [-0.39, 0.29) is 0 Å². The van der Waals surface area contributed by atoms with Gasteiger partial charge >= 0.3 is 0 Å². The van der Waals surface area contributed by atoms with Crippen molar-refractivity contribution in [3.63, 3.8) is 0 Å². The molecule has 1 aliphatic carbocycles. The van der Waals surface area contributed by atoms with Gasteiger partial charge in [0.2, 0.25) is 0 Å². The van der Waals surface area contributed by atoms with E-state index >= 15 is 0 Å². The Morgan fingerprint density at radius 3 is 2.64 bits per heavy atom. The highest BCUT2D eigenvalue weighted by Gasteiger charge is 2.12. The summed E-state index contributed by atoms with van der Waals surface area (Å²) < 4.78 is 0. The molecule has 1 atom stereocenters. The van der Waals surface area contributed by atoms with E-state index in [0.29, 0.717) is 0 Å². The van der Waals surface area contributed by atoms with Gasteiger partial charge < -0.3 is 0 Å². The van der Waals surface area contributed by atoms with Gasteiger partial charge in [0, 0.05) is 0 Å². The molecule has 2 rings (SSSR count). The molecule has 74 valence electrons. The zero-order valence-electron chi connectivity index (χ0n) is 8.87. The van der Waals surface area contributed by atoms with Gasteiger partial charge in [-0.05, 0) is 44.1 Å². The second kappa shape index (κ2) is 4.45. The maximum atomic E-state index is 2.41. The Bertz CT molecular complexity index is 308. The Kier molecular flexibility index (Phi) is 3.03. The molecule has 0 aromatic heterocycles. The Morgan fingerprint density at radius 1 is 1.21 bits per heavy atom. The summed E-state index contributed by atoms with van der Waals surface area (Å²) in [6, 6.07) is 10.9. The Labute approximate surface area is 86.7 Å². The topological polar surface area (TPSA) is 0 Å². The lowest BCUT2D eigenvalue weighted by molar-refractivity contribution is 0.467. The van der Waals surface area contributed by atoms with Crippen molar-refractivity contribution in [1.82, 2.24) is 0 Å². The minimum absolute atomic E-state index is 0.876. The summed E-state index contributed by atoms with van der Waals surface area (Å²) in [7, 11) is 0.